The third-order valence-corrected chi connectivity index (χ3v) is 4.87. The fourth-order valence-corrected chi connectivity index (χ4v) is 3.31. The Morgan fingerprint density at radius 1 is 1.18 bits per heavy atom. The minimum Gasteiger partial charge on any atom is -0.493 e. The van der Waals surface area contributed by atoms with Gasteiger partial charge in [0.1, 0.15) is 0 Å². The maximum Gasteiger partial charge on any atom is 0.315 e. The molecule has 0 radical (unpaired) electrons. The van der Waals surface area contributed by atoms with Crippen molar-refractivity contribution in [3.05, 3.63) is 27.8 Å². The van der Waals surface area contributed by atoms with Crippen LogP contribution in [-0.4, -0.2) is 48.8 Å². The van der Waals surface area contributed by atoms with Gasteiger partial charge < -0.3 is 25.2 Å². The summed E-state index contributed by atoms with van der Waals surface area (Å²) in [5, 5.41) is 25.8. The van der Waals surface area contributed by atoms with E-state index < -0.39 is 10.9 Å². The summed E-state index contributed by atoms with van der Waals surface area (Å²) in [4.78, 5) is 33.8. The van der Waals surface area contributed by atoms with Gasteiger partial charge in [0, 0.05) is 18.2 Å². The van der Waals surface area contributed by atoms with E-state index in [9.17, 15) is 19.7 Å². The van der Waals surface area contributed by atoms with Crippen LogP contribution in [0.3, 0.4) is 0 Å². The molecule has 1 saturated carbocycles. The van der Waals surface area contributed by atoms with E-state index in [1.54, 1.807) is 0 Å². The first-order valence-electron chi connectivity index (χ1n) is 9.02. The molecule has 1 aromatic carbocycles. The Kier molecular flexibility index (Phi) is 7.42. The second-order valence-corrected chi connectivity index (χ2v) is 6.63. The number of nitro groups is 1. The number of nitro benzene ring substituents is 1. The molecule has 1 aliphatic rings. The van der Waals surface area contributed by atoms with Gasteiger partial charge in [0.2, 0.25) is 0 Å². The minimum absolute atomic E-state index is 0.0639. The van der Waals surface area contributed by atoms with E-state index in [2.05, 4.69) is 10.6 Å². The lowest BCUT2D eigenvalue weighted by Crippen LogP contribution is -2.44. The summed E-state index contributed by atoms with van der Waals surface area (Å²) in [5.41, 5.74) is 0.316. The Labute approximate surface area is 162 Å². The van der Waals surface area contributed by atoms with Gasteiger partial charge in [-0.1, -0.05) is 0 Å². The molecule has 28 heavy (non-hydrogen) atoms. The van der Waals surface area contributed by atoms with Crippen molar-refractivity contribution in [2.24, 2.45) is 5.92 Å². The number of carboxylic acid groups (broad SMARTS) is 1. The molecule has 0 spiro atoms. The Bertz CT molecular complexity index is 730. The van der Waals surface area contributed by atoms with Crippen molar-refractivity contribution in [1.82, 2.24) is 10.6 Å². The fourth-order valence-electron chi connectivity index (χ4n) is 3.31. The topological polar surface area (TPSA) is 140 Å². The molecule has 154 valence electrons. The van der Waals surface area contributed by atoms with Gasteiger partial charge in [-0.25, -0.2) is 4.79 Å². The van der Waals surface area contributed by atoms with Crippen LogP contribution in [0.1, 0.15) is 31.2 Å². The van der Waals surface area contributed by atoms with Crippen LogP contribution in [0.5, 0.6) is 11.5 Å². The van der Waals surface area contributed by atoms with Crippen molar-refractivity contribution >= 4 is 17.7 Å². The van der Waals surface area contributed by atoms with Gasteiger partial charge >= 0.3 is 12.0 Å². The van der Waals surface area contributed by atoms with E-state index in [0.29, 0.717) is 37.0 Å². The summed E-state index contributed by atoms with van der Waals surface area (Å²) in [6.07, 6.45) is 2.56. The first-order chi connectivity index (χ1) is 13.3. The van der Waals surface area contributed by atoms with E-state index in [-0.39, 0.29) is 42.4 Å². The second kappa shape index (κ2) is 9.77. The number of benzene rings is 1. The Morgan fingerprint density at radius 3 is 2.32 bits per heavy atom. The van der Waals surface area contributed by atoms with Crippen LogP contribution < -0.4 is 20.1 Å². The molecule has 0 bridgehead atoms. The number of methoxy groups -OCH3 is 2. The number of rotatable bonds is 8. The van der Waals surface area contributed by atoms with Gasteiger partial charge in [-0.15, -0.1) is 0 Å². The third kappa shape index (κ3) is 5.48. The van der Waals surface area contributed by atoms with Crippen LogP contribution >= 0.6 is 0 Å². The number of carbonyl (C=O) groups excluding carboxylic acids is 1. The summed E-state index contributed by atoms with van der Waals surface area (Å²) in [5.74, 6) is -0.491. The zero-order valence-corrected chi connectivity index (χ0v) is 15.9. The lowest BCUT2D eigenvalue weighted by atomic mass is 9.86. The maximum absolute atomic E-state index is 12.0. The smallest absolute Gasteiger partial charge is 0.315 e. The van der Waals surface area contributed by atoms with E-state index in [1.807, 2.05) is 0 Å². The Morgan fingerprint density at radius 2 is 1.79 bits per heavy atom. The highest BCUT2D eigenvalue weighted by molar-refractivity contribution is 5.74. The number of ether oxygens (including phenoxy) is 2. The van der Waals surface area contributed by atoms with Gasteiger partial charge in [0.15, 0.2) is 11.5 Å². The first-order valence-corrected chi connectivity index (χ1v) is 9.02. The van der Waals surface area contributed by atoms with Crippen LogP contribution in [0.15, 0.2) is 12.1 Å². The molecule has 10 heteroatoms. The number of nitrogens with one attached hydrogen (secondary N) is 2. The van der Waals surface area contributed by atoms with Crippen molar-refractivity contribution in [3.63, 3.8) is 0 Å². The van der Waals surface area contributed by atoms with Crippen LogP contribution in [0.25, 0.3) is 0 Å². The van der Waals surface area contributed by atoms with Crippen LogP contribution in [0.2, 0.25) is 0 Å². The number of urea groups is 1. The number of amides is 2. The Balaban J connectivity index is 1.88. The number of hydrogen-bond donors (Lipinski definition) is 3. The van der Waals surface area contributed by atoms with Crippen molar-refractivity contribution in [2.75, 3.05) is 20.8 Å². The normalized spacial score (nSPS) is 18.8. The average molecular weight is 395 g/mol. The molecule has 0 aliphatic heterocycles. The molecule has 0 unspecified atom stereocenters. The van der Waals surface area contributed by atoms with E-state index in [1.165, 1.54) is 26.4 Å². The number of nitrogens with zero attached hydrogens (tertiary/aromatic N) is 1. The number of hydrogen-bond acceptors (Lipinski definition) is 6. The van der Waals surface area contributed by atoms with Gasteiger partial charge in [0.25, 0.3) is 5.69 Å². The van der Waals surface area contributed by atoms with E-state index in [4.69, 9.17) is 14.6 Å². The molecular formula is C18H25N3O7. The summed E-state index contributed by atoms with van der Waals surface area (Å²) in [6, 6.07) is 2.40. The quantitative estimate of drug-likeness (QED) is 0.452. The zero-order chi connectivity index (χ0) is 20.7. The molecule has 1 aromatic rings. The van der Waals surface area contributed by atoms with Crippen LogP contribution in [0, 0.1) is 16.0 Å². The van der Waals surface area contributed by atoms with Crippen molar-refractivity contribution in [3.8, 4) is 11.5 Å². The lowest BCUT2D eigenvalue weighted by molar-refractivity contribution is -0.385. The molecule has 2 amide bonds. The number of carboxylic acids is 1. The van der Waals surface area contributed by atoms with Crippen LogP contribution in [-0.2, 0) is 11.2 Å². The fraction of sp³-hybridized carbons (Fsp3) is 0.556. The monoisotopic (exact) mass is 395 g/mol. The summed E-state index contributed by atoms with van der Waals surface area (Å²) < 4.78 is 10.3. The summed E-state index contributed by atoms with van der Waals surface area (Å²) in [6.45, 7) is 0.201. The largest absolute Gasteiger partial charge is 0.493 e. The maximum atomic E-state index is 12.0. The van der Waals surface area contributed by atoms with E-state index >= 15 is 0 Å². The highest BCUT2D eigenvalue weighted by Crippen LogP contribution is 2.34. The van der Waals surface area contributed by atoms with E-state index in [0.717, 1.165) is 0 Å². The highest BCUT2D eigenvalue weighted by Gasteiger charge is 2.26. The molecule has 0 heterocycles. The van der Waals surface area contributed by atoms with Gasteiger partial charge in [-0.05, 0) is 38.2 Å². The molecular weight excluding hydrogens is 370 g/mol. The van der Waals surface area contributed by atoms with Gasteiger partial charge in [0.05, 0.1) is 31.1 Å². The third-order valence-electron chi connectivity index (χ3n) is 4.87. The zero-order valence-electron chi connectivity index (χ0n) is 15.9. The lowest BCUT2D eigenvalue weighted by Gasteiger charge is -2.26. The van der Waals surface area contributed by atoms with Crippen molar-refractivity contribution < 1.29 is 29.1 Å². The highest BCUT2D eigenvalue weighted by atomic mass is 16.6. The van der Waals surface area contributed by atoms with Crippen molar-refractivity contribution in [2.45, 2.75) is 38.1 Å². The predicted octanol–water partition coefficient (Wildman–Crippen LogP) is 2.10. The molecule has 0 atom stereocenters. The first kappa shape index (κ1) is 21.3. The van der Waals surface area contributed by atoms with Crippen LogP contribution in [0.4, 0.5) is 10.5 Å². The molecule has 0 aromatic heterocycles. The predicted molar refractivity (Wildman–Crippen MR) is 99.8 cm³/mol. The molecule has 1 fully saturated rings. The van der Waals surface area contributed by atoms with Gasteiger partial charge in [-0.3, -0.25) is 14.9 Å². The summed E-state index contributed by atoms with van der Waals surface area (Å²) >= 11 is 0. The Hall–Kier alpha value is -3.04. The summed E-state index contributed by atoms with van der Waals surface area (Å²) in [7, 11) is 2.84. The second-order valence-electron chi connectivity index (χ2n) is 6.63. The molecule has 3 N–H and O–H groups in total. The minimum atomic E-state index is -0.792. The molecule has 10 nitrogen and oxygen atoms in total. The standard InChI is InChI=1S/C18H25N3O7/c1-27-15-9-12(14(21(25)26)10-16(15)28-2)7-8-19-18(24)20-13-5-3-11(4-6-13)17(22)23/h9-11,13H,3-8H2,1-2H3,(H,22,23)(H2,19,20,24). The van der Waals surface area contributed by atoms with Gasteiger partial charge in [-0.2, -0.15) is 0 Å². The molecule has 1 aliphatic carbocycles. The SMILES string of the molecule is COc1cc(CCNC(=O)NC2CCC(C(=O)O)CC2)c([N+](=O)[O-])cc1OC. The number of carbonyl (C=O) groups is 2. The molecule has 0 saturated heterocycles. The molecule has 2 rings (SSSR count). The average Bonchev–Trinajstić information content (AvgIpc) is 2.67. The number of aliphatic carboxylic acids is 1. The van der Waals surface area contributed by atoms with Crippen molar-refractivity contribution in [1.29, 1.82) is 0 Å².